The van der Waals surface area contributed by atoms with E-state index in [0.717, 1.165) is 45.7 Å². The molecule has 1 amide bonds. The largest absolute Gasteiger partial charge is 0.369 e. The molecule has 0 N–H and O–H groups in total. The fourth-order valence-corrected chi connectivity index (χ4v) is 4.21. The van der Waals surface area contributed by atoms with Crippen molar-refractivity contribution in [3.63, 3.8) is 0 Å². The highest BCUT2D eigenvalue weighted by Gasteiger charge is 2.25. The summed E-state index contributed by atoms with van der Waals surface area (Å²) in [6.45, 7) is 9.02. The van der Waals surface area contributed by atoms with E-state index in [2.05, 4.69) is 64.9 Å². The average Bonchev–Trinajstić information content (AvgIpc) is 2.92. The van der Waals surface area contributed by atoms with Crippen molar-refractivity contribution in [1.82, 2.24) is 14.7 Å². The predicted octanol–water partition coefficient (Wildman–Crippen LogP) is 2.06. The van der Waals surface area contributed by atoms with Gasteiger partial charge in [0.15, 0.2) is 0 Å². The second-order valence-corrected chi connectivity index (χ2v) is 7.94. The van der Waals surface area contributed by atoms with Crippen molar-refractivity contribution in [2.45, 2.75) is 32.2 Å². The minimum absolute atomic E-state index is 0.315. The number of rotatable bonds is 5. The van der Waals surface area contributed by atoms with Crippen molar-refractivity contribution < 1.29 is 4.79 Å². The fourth-order valence-electron chi connectivity index (χ4n) is 4.21. The van der Waals surface area contributed by atoms with Crippen LogP contribution < -0.4 is 4.90 Å². The number of hydrogen-bond acceptors (Lipinski definition) is 4. The molecule has 2 aliphatic heterocycles. The van der Waals surface area contributed by atoms with Gasteiger partial charge in [0, 0.05) is 57.4 Å². The second-order valence-electron chi connectivity index (χ2n) is 7.94. The first-order chi connectivity index (χ1) is 12.5. The number of nitrogens with zero attached hydrogens (tertiary/aromatic N) is 4. The summed E-state index contributed by atoms with van der Waals surface area (Å²) in [5, 5.41) is 0. The highest BCUT2D eigenvalue weighted by atomic mass is 16.2. The maximum atomic E-state index is 12.7. The number of para-hydroxylation sites is 1. The number of aryl methyl sites for hydroxylation is 1. The van der Waals surface area contributed by atoms with Gasteiger partial charge in [-0.1, -0.05) is 18.2 Å². The van der Waals surface area contributed by atoms with Crippen molar-refractivity contribution in [3.8, 4) is 0 Å². The van der Waals surface area contributed by atoms with Crippen LogP contribution in [0.1, 0.15) is 24.8 Å². The Balaban J connectivity index is 1.47. The number of likely N-dealkylation sites (N-methyl/N-ethyl adjacent to an activating group) is 2. The number of likely N-dealkylation sites (tertiary alicyclic amines) is 1. The van der Waals surface area contributed by atoms with E-state index in [4.69, 9.17) is 0 Å². The molecule has 0 bridgehead atoms. The van der Waals surface area contributed by atoms with Crippen molar-refractivity contribution >= 4 is 11.6 Å². The van der Waals surface area contributed by atoms with Gasteiger partial charge in [-0.05, 0) is 52.0 Å². The summed E-state index contributed by atoms with van der Waals surface area (Å²) in [7, 11) is 4.34. The van der Waals surface area contributed by atoms with Crippen LogP contribution in [0.5, 0.6) is 0 Å². The summed E-state index contributed by atoms with van der Waals surface area (Å²) >= 11 is 0. The van der Waals surface area contributed by atoms with E-state index < -0.39 is 0 Å². The molecule has 2 aliphatic rings. The number of anilines is 1. The summed E-state index contributed by atoms with van der Waals surface area (Å²) in [5.74, 6) is 0.315. The van der Waals surface area contributed by atoms with Gasteiger partial charge in [-0.2, -0.15) is 0 Å². The van der Waals surface area contributed by atoms with E-state index in [9.17, 15) is 4.79 Å². The van der Waals surface area contributed by atoms with Crippen molar-refractivity contribution in [2.75, 3.05) is 64.8 Å². The summed E-state index contributed by atoms with van der Waals surface area (Å²) < 4.78 is 0. The third kappa shape index (κ3) is 4.77. The van der Waals surface area contributed by atoms with Gasteiger partial charge in [0.2, 0.25) is 5.91 Å². The molecule has 2 fully saturated rings. The highest BCUT2D eigenvalue weighted by Crippen LogP contribution is 2.21. The molecule has 0 radical (unpaired) electrons. The molecule has 0 saturated carbocycles. The number of carbonyl (C=O) groups excluding carboxylic acids is 1. The molecule has 26 heavy (non-hydrogen) atoms. The van der Waals surface area contributed by atoms with Crippen LogP contribution in [0.25, 0.3) is 0 Å². The van der Waals surface area contributed by atoms with E-state index in [1.807, 2.05) is 0 Å². The van der Waals surface area contributed by atoms with Crippen molar-refractivity contribution in [1.29, 1.82) is 0 Å². The Labute approximate surface area is 158 Å². The zero-order chi connectivity index (χ0) is 18.5. The first-order valence-electron chi connectivity index (χ1n) is 10.0. The molecular formula is C21H34N4O. The van der Waals surface area contributed by atoms with Gasteiger partial charge >= 0.3 is 0 Å². The van der Waals surface area contributed by atoms with Gasteiger partial charge in [0.05, 0.1) is 0 Å². The first-order valence-corrected chi connectivity index (χ1v) is 10.0. The van der Waals surface area contributed by atoms with E-state index in [-0.39, 0.29) is 0 Å². The molecule has 5 heteroatoms. The van der Waals surface area contributed by atoms with Gasteiger partial charge in [-0.25, -0.2) is 0 Å². The Bertz CT molecular complexity index is 605. The number of carbonyl (C=O) groups is 1. The number of hydrogen-bond donors (Lipinski definition) is 0. The molecule has 5 nitrogen and oxygen atoms in total. The summed E-state index contributed by atoms with van der Waals surface area (Å²) in [6.07, 6.45) is 2.90. The zero-order valence-corrected chi connectivity index (χ0v) is 16.7. The van der Waals surface area contributed by atoms with E-state index in [1.165, 1.54) is 24.2 Å². The topological polar surface area (TPSA) is 30.0 Å². The third-order valence-corrected chi connectivity index (χ3v) is 5.97. The molecule has 2 saturated heterocycles. The Kier molecular flexibility index (Phi) is 6.54. The van der Waals surface area contributed by atoms with Crippen LogP contribution in [0.2, 0.25) is 0 Å². The third-order valence-electron chi connectivity index (χ3n) is 5.97. The molecule has 1 atom stereocenters. The van der Waals surface area contributed by atoms with Crippen LogP contribution in [-0.4, -0.2) is 86.6 Å². The van der Waals surface area contributed by atoms with Crippen LogP contribution in [0, 0.1) is 6.92 Å². The lowest BCUT2D eigenvalue weighted by Crippen LogP contribution is -2.39. The fraction of sp³-hybridized carbons (Fsp3) is 0.667. The van der Waals surface area contributed by atoms with Crippen LogP contribution >= 0.6 is 0 Å². The molecule has 0 spiro atoms. The Morgan fingerprint density at radius 3 is 2.69 bits per heavy atom. The first kappa shape index (κ1) is 19.2. The molecule has 0 aromatic heterocycles. The summed E-state index contributed by atoms with van der Waals surface area (Å²) in [5.41, 5.74) is 2.63. The smallest absolute Gasteiger partial charge is 0.223 e. The quantitative estimate of drug-likeness (QED) is 0.806. The standard InChI is InChI=1S/C21H34N4O/c1-18-7-4-5-8-20(18)24-11-6-12-25(16-15-24)21(26)10-14-23(3)19-9-13-22(2)17-19/h4-5,7-8,19H,6,9-17H2,1-3H3/t19-/m0/s1. The van der Waals surface area contributed by atoms with Crippen molar-refractivity contribution in [2.24, 2.45) is 0 Å². The van der Waals surface area contributed by atoms with Crippen LogP contribution in [0.4, 0.5) is 5.69 Å². The van der Waals surface area contributed by atoms with Gasteiger partial charge < -0.3 is 19.6 Å². The SMILES string of the molecule is Cc1ccccc1N1CCCN(C(=O)CCN(C)[C@H]2CCN(C)C2)CC1. The van der Waals surface area contributed by atoms with E-state index in [1.54, 1.807) is 0 Å². The lowest BCUT2D eigenvalue weighted by Gasteiger charge is -2.27. The van der Waals surface area contributed by atoms with Crippen LogP contribution in [0.3, 0.4) is 0 Å². The van der Waals surface area contributed by atoms with E-state index in [0.29, 0.717) is 18.4 Å². The highest BCUT2D eigenvalue weighted by molar-refractivity contribution is 5.76. The molecule has 1 aromatic rings. The Morgan fingerprint density at radius 1 is 1.15 bits per heavy atom. The molecule has 0 aliphatic carbocycles. The van der Waals surface area contributed by atoms with Crippen LogP contribution in [0.15, 0.2) is 24.3 Å². The molecule has 3 rings (SSSR count). The minimum Gasteiger partial charge on any atom is -0.369 e. The summed E-state index contributed by atoms with van der Waals surface area (Å²) in [6, 6.07) is 9.16. The molecule has 144 valence electrons. The molecule has 0 unspecified atom stereocenters. The molecule has 2 heterocycles. The normalized spacial score (nSPS) is 22.1. The van der Waals surface area contributed by atoms with Gasteiger partial charge in [0.25, 0.3) is 0 Å². The van der Waals surface area contributed by atoms with Crippen molar-refractivity contribution in [3.05, 3.63) is 29.8 Å². The Morgan fingerprint density at radius 2 is 1.96 bits per heavy atom. The maximum absolute atomic E-state index is 12.7. The number of amides is 1. The second kappa shape index (κ2) is 8.87. The number of benzene rings is 1. The van der Waals surface area contributed by atoms with Gasteiger partial charge in [0.1, 0.15) is 0 Å². The average molecular weight is 359 g/mol. The van der Waals surface area contributed by atoms with E-state index >= 15 is 0 Å². The van der Waals surface area contributed by atoms with Crippen LogP contribution in [-0.2, 0) is 4.79 Å². The molecular weight excluding hydrogens is 324 g/mol. The zero-order valence-electron chi connectivity index (χ0n) is 16.7. The monoisotopic (exact) mass is 358 g/mol. The minimum atomic E-state index is 0.315. The Hall–Kier alpha value is -1.59. The maximum Gasteiger partial charge on any atom is 0.223 e. The predicted molar refractivity (Wildman–Crippen MR) is 108 cm³/mol. The molecule has 1 aromatic carbocycles. The summed E-state index contributed by atoms with van der Waals surface area (Å²) in [4.78, 5) is 22.0. The lowest BCUT2D eigenvalue weighted by molar-refractivity contribution is -0.131. The van der Waals surface area contributed by atoms with Gasteiger partial charge in [-0.3, -0.25) is 4.79 Å². The lowest BCUT2D eigenvalue weighted by atomic mass is 10.2. The van der Waals surface area contributed by atoms with Gasteiger partial charge in [-0.15, -0.1) is 0 Å².